The molecule has 0 saturated carbocycles. The normalized spacial score (nSPS) is 15.7. The Morgan fingerprint density at radius 3 is 2.61 bits per heavy atom. The van der Waals surface area contributed by atoms with Gasteiger partial charge in [-0.15, -0.1) is 0 Å². The maximum atomic E-state index is 14.4. The van der Waals surface area contributed by atoms with Gasteiger partial charge in [0.1, 0.15) is 11.7 Å². The first-order chi connectivity index (χ1) is 13.2. The van der Waals surface area contributed by atoms with Crippen LogP contribution >= 0.6 is 11.8 Å². The third-order valence-corrected chi connectivity index (χ3v) is 4.47. The van der Waals surface area contributed by atoms with Crippen LogP contribution in [0.15, 0.2) is 23.2 Å². The summed E-state index contributed by atoms with van der Waals surface area (Å²) >= 11 is 1.25. The molecule has 1 aromatic carbocycles. The minimum absolute atomic E-state index is 0.147. The van der Waals surface area contributed by atoms with E-state index in [2.05, 4.69) is 10.3 Å². The van der Waals surface area contributed by atoms with Crippen LogP contribution in [0.2, 0.25) is 0 Å². The first-order valence-electron chi connectivity index (χ1n) is 8.93. The van der Waals surface area contributed by atoms with Crippen LogP contribution in [0.4, 0.5) is 14.9 Å². The molecule has 1 aromatic rings. The summed E-state index contributed by atoms with van der Waals surface area (Å²) < 4.78 is 25.5. The second kappa shape index (κ2) is 9.64. The molecule has 2 rings (SSSR count). The van der Waals surface area contributed by atoms with Gasteiger partial charge in [-0.05, 0) is 39.2 Å². The fourth-order valence-electron chi connectivity index (χ4n) is 2.61. The third kappa shape index (κ3) is 6.60. The van der Waals surface area contributed by atoms with Gasteiger partial charge in [0.2, 0.25) is 0 Å². The zero-order chi connectivity index (χ0) is 20.7. The Balaban J connectivity index is 1.93. The smallest absolute Gasteiger partial charge is 0.410 e. The van der Waals surface area contributed by atoms with Gasteiger partial charge in [-0.3, -0.25) is 5.32 Å². The summed E-state index contributed by atoms with van der Waals surface area (Å²) in [5.41, 5.74) is -0.145. The molecule has 1 fully saturated rings. The summed E-state index contributed by atoms with van der Waals surface area (Å²) in [7, 11) is 0. The molecule has 28 heavy (non-hydrogen) atoms. The van der Waals surface area contributed by atoms with E-state index in [1.54, 1.807) is 23.4 Å². The number of hydrogen-bond donors (Lipinski definition) is 1. The molecule has 0 bridgehead atoms. The lowest BCUT2D eigenvalue weighted by Gasteiger charge is -2.33. The number of nitrogens with zero attached hydrogens (tertiary/aromatic N) is 3. The summed E-state index contributed by atoms with van der Waals surface area (Å²) in [5.74, 6) is -0.373. The highest BCUT2D eigenvalue weighted by Crippen LogP contribution is 2.27. The van der Waals surface area contributed by atoms with Crippen molar-refractivity contribution < 1.29 is 18.7 Å². The van der Waals surface area contributed by atoms with Gasteiger partial charge in [-0.2, -0.15) is 5.26 Å². The van der Waals surface area contributed by atoms with Crippen LogP contribution in [0, 0.1) is 17.3 Å². The largest absolute Gasteiger partial charge is 0.487 e. The number of amidine groups is 1. The van der Waals surface area contributed by atoms with Crippen LogP contribution in [-0.4, -0.2) is 47.2 Å². The summed E-state index contributed by atoms with van der Waals surface area (Å²) in [6.07, 6.45) is 4.23. The van der Waals surface area contributed by atoms with Crippen molar-refractivity contribution in [2.24, 2.45) is 4.99 Å². The molecule has 9 heteroatoms. The number of aliphatic imine (C=N–C) groups is 1. The molecule has 0 aliphatic carbocycles. The Hall–Kier alpha value is -2.47. The highest BCUT2D eigenvalue weighted by molar-refractivity contribution is 8.13. The molecule has 1 aliphatic rings. The molecule has 1 heterocycles. The van der Waals surface area contributed by atoms with E-state index in [1.807, 2.05) is 20.8 Å². The number of nitrogens with one attached hydrogen (secondary N) is 1. The van der Waals surface area contributed by atoms with E-state index in [-0.39, 0.29) is 17.9 Å². The predicted octanol–water partition coefficient (Wildman–Crippen LogP) is 4.03. The molecule has 7 nitrogen and oxygen atoms in total. The number of nitriles is 1. The Bertz CT molecular complexity index is 765. The summed E-state index contributed by atoms with van der Waals surface area (Å²) in [6, 6.07) is 4.42. The lowest BCUT2D eigenvalue weighted by molar-refractivity contribution is 0.0123. The average molecular weight is 408 g/mol. The van der Waals surface area contributed by atoms with Gasteiger partial charge in [0.15, 0.2) is 22.9 Å². The summed E-state index contributed by atoms with van der Waals surface area (Å²) in [4.78, 5) is 17.9. The molecule has 0 unspecified atom stereocenters. The van der Waals surface area contributed by atoms with Crippen molar-refractivity contribution in [1.29, 1.82) is 5.26 Å². The number of carbonyl (C=O) groups excluding carboxylic acids is 1. The van der Waals surface area contributed by atoms with Crippen molar-refractivity contribution in [3.05, 3.63) is 24.0 Å². The van der Waals surface area contributed by atoms with Gasteiger partial charge in [-0.25, -0.2) is 14.2 Å². The predicted molar refractivity (Wildman–Crippen MR) is 107 cm³/mol. The third-order valence-electron chi connectivity index (χ3n) is 3.89. The average Bonchev–Trinajstić information content (AvgIpc) is 2.62. The van der Waals surface area contributed by atoms with E-state index in [0.717, 1.165) is 0 Å². The van der Waals surface area contributed by atoms with E-state index in [1.165, 1.54) is 23.9 Å². The number of ether oxygens (including phenoxy) is 2. The fourth-order valence-corrected chi connectivity index (χ4v) is 2.95. The highest BCUT2D eigenvalue weighted by atomic mass is 32.2. The van der Waals surface area contributed by atoms with Crippen molar-refractivity contribution in [3.8, 4) is 11.9 Å². The number of benzene rings is 1. The molecule has 0 spiro atoms. The summed E-state index contributed by atoms with van der Waals surface area (Å²) in [5, 5.41) is 11.5. The van der Waals surface area contributed by atoms with Crippen LogP contribution in [-0.2, 0) is 4.74 Å². The number of amides is 1. The molecular formula is C19H25FN4O3S. The Labute approximate surface area is 168 Å². The van der Waals surface area contributed by atoms with E-state index in [4.69, 9.17) is 14.7 Å². The molecule has 0 aromatic heterocycles. The number of thioether (sulfide) groups is 1. The number of hydrogen-bond acceptors (Lipinski definition) is 6. The van der Waals surface area contributed by atoms with Gasteiger partial charge in [0.25, 0.3) is 0 Å². The minimum Gasteiger partial charge on any atom is -0.487 e. The van der Waals surface area contributed by atoms with Gasteiger partial charge < -0.3 is 14.4 Å². The second-order valence-corrected chi connectivity index (χ2v) is 8.05. The van der Waals surface area contributed by atoms with Crippen LogP contribution in [0.3, 0.4) is 0 Å². The lowest BCUT2D eigenvalue weighted by atomic mass is 10.1. The first kappa shape index (κ1) is 21.8. The molecule has 152 valence electrons. The van der Waals surface area contributed by atoms with Gasteiger partial charge in [0.05, 0.1) is 5.69 Å². The molecular weight excluding hydrogens is 383 g/mol. The van der Waals surface area contributed by atoms with E-state index < -0.39 is 11.4 Å². The van der Waals surface area contributed by atoms with E-state index >= 15 is 0 Å². The standard InChI is InChI=1S/C19H25FN4O3S/c1-19(2,3)27-18(25)24-9-7-14(8-10-24)26-16-6-5-13(11-15(16)20)23-17(28-4)22-12-21/h5-6,11,14H,7-10H2,1-4H3,(H,22,23). The number of halogens is 1. The second-order valence-electron chi connectivity index (χ2n) is 7.26. The summed E-state index contributed by atoms with van der Waals surface area (Å²) in [6.45, 7) is 6.49. The monoisotopic (exact) mass is 408 g/mol. The van der Waals surface area contributed by atoms with Crippen LogP contribution in [0.25, 0.3) is 0 Å². The number of carbonyl (C=O) groups is 1. The number of piperidine rings is 1. The SMILES string of the molecule is CSC(=Nc1ccc(OC2CCN(C(=O)OC(C)(C)C)CC2)c(F)c1)NC#N. The van der Waals surface area contributed by atoms with Crippen molar-refractivity contribution in [2.75, 3.05) is 19.3 Å². The molecule has 0 atom stereocenters. The van der Waals surface area contributed by atoms with Crippen molar-refractivity contribution in [3.63, 3.8) is 0 Å². The topological polar surface area (TPSA) is 86.9 Å². The van der Waals surface area contributed by atoms with Crippen molar-refractivity contribution in [1.82, 2.24) is 10.2 Å². The molecule has 1 amide bonds. The van der Waals surface area contributed by atoms with Crippen LogP contribution in [0.5, 0.6) is 5.75 Å². The zero-order valence-corrected chi connectivity index (χ0v) is 17.3. The van der Waals surface area contributed by atoms with Crippen LogP contribution in [0.1, 0.15) is 33.6 Å². The maximum absolute atomic E-state index is 14.4. The number of likely N-dealkylation sites (tertiary alicyclic amines) is 1. The fraction of sp³-hybridized carbons (Fsp3) is 0.526. The Kier molecular flexibility index (Phi) is 7.52. The zero-order valence-electron chi connectivity index (χ0n) is 16.5. The molecule has 1 N–H and O–H groups in total. The number of rotatable bonds is 3. The minimum atomic E-state index is -0.531. The Morgan fingerprint density at radius 1 is 1.39 bits per heavy atom. The van der Waals surface area contributed by atoms with Crippen molar-refractivity contribution >= 4 is 28.7 Å². The molecule has 1 aliphatic heterocycles. The maximum Gasteiger partial charge on any atom is 0.410 e. The van der Waals surface area contributed by atoms with Crippen molar-refractivity contribution in [2.45, 2.75) is 45.3 Å². The van der Waals surface area contributed by atoms with Gasteiger partial charge in [-0.1, -0.05) is 11.8 Å². The van der Waals surface area contributed by atoms with Gasteiger partial charge in [0, 0.05) is 32.0 Å². The lowest BCUT2D eigenvalue weighted by Crippen LogP contribution is -2.44. The van der Waals surface area contributed by atoms with Crippen LogP contribution < -0.4 is 10.1 Å². The van der Waals surface area contributed by atoms with Gasteiger partial charge >= 0.3 is 6.09 Å². The van der Waals surface area contributed by atoms with E-state index in [0.29, 0.717) is 36.8 Å². The quantitative estimate of drug-likeness (QED) is 0.352. The first-order valence-corrected chi connectivity index (χ1v) is 10.2. The highest BCUT2D eigenvalue weighted by Gasteiger charge is 2.28. The molecule has 0 radical (unpaired) electrons. The Morgan fingerprint density at radius 2 is 2.07 bits per heavy atom. The van der Waals surface area contributed by atoms with E-state index in [9.17, 15) is 9.18 Å². The molecule has 1 saturated heterocycles.